The molecule has 0 spiro atoms. The molecule has 2 N–H and O–H groups in total. The minimum absolute atomic E-state index is 0.0538. The van der Waals surface area contributed by atoms with Crippen LogP contribution in [0.1, 0.15) is 26.2 Å². The Morgan fingerprint density at radius 2 is 2.33 bits per heavy atom. The van der Waals surface area contributed by atoms with Gasteiger partial charge >= 0.3 is 0 Å². The van der Waals surface area contributed by atoms with Crippen LogP contribution < -0.4 is 5.32 Å². The van der Waals surface area contributed by atoms with Crippen LogP contribution in [-0.4, -0.2) is 47.7 Å². The van der Waals surface area contributed by atoms with Crippen molar-refractivity contribution >= 4 is 5.91 Å². The molecule has 2 saturated heterocycles. The van der Waals surface area contributed by atoms with Crippen molar-refractivity contribution in [2.24, 2.45) is 5.92 Å². The molecule has 3 atom stereocenters. The Hall–Kier alpha value is -0.610. The second kappa shape index (κ2) is 4.49. The number of carbonyl (C=O) groups is 1. The summed E-state index contributed by atoms with van der Waals surface area (Å²) in [6, 6.07) is 0.0538. The van der Waals surface area contributed by atoms with E-state index in [0.717, 1.165) is 38.9 Å². The van der Waals surface area contributed by atoms with E-state index in [0.29, 0.717) is 0 Å². The molecule has 15 heavy (non-hydrogen) atoms. The number of nitrogens with one attached hydrogen (secondary N) is 1. The maximum absolute atomic E-state index is 12.1. The van der Waals surface area contributed by atoms with Crippen LogP contribution in [0.25, 0.3) is 0 Å². The largest absolute Gasteiger partial charge is 0.391 e. The minimum atomic E-state index is -0.397. The van der Waals surface area contributed by atoms with E-state index < -0.39 is 6.10 Å². The minimum Gasteiger partial charge on any atom is -0.391 e. The lowest BCUT2D eigenvalue weighted by molar-refractivity contribution is -0.137. The molecule has 86 valence electrons. The zero-order valence-electron chi connectivity index (χ0n) is 9.28. The average molecular weight is 212 g/mol. The van der Waals surface area contributed by atoms with Crippen LogP contribution >= 0.6 is 0 Å². The van der Waals surface area contributed by atoms with Crippen LogP contribution in [-0.2, 0) is 4.79 Å². The summed E-state index contributed by atoms with van der Waals surface area (Å²) in [7, 11) is 0. The van der Waals surface area contributed by atoms with E-state index in [4.69, 9.17) is 0 Å². The Labute approximate surface area is 90.6 Å². The summed E-state index contributed by atoms with van der Waals surface area (Å²) in [5.74, 6) is 0.382. The summed E-state index contributed by atoms with van der Waals surface area (Å²) in [6.07, 6.45) is 2.53. The lowest BCUT2D eigenvalue weighted by Gasteiger charge is -2.29. The molecule has 0 unspecified atom stereocenters. The first-order valence-corrected chi connectivity index (χ1v) is 5.89. The highest BCUT2D eigenvalue weighted by Crippen LogP contribution is 2.24. The fourth-order valence-electron chi connectivity index (χ4n) is 2.67. The SMILES string of the molecule is C[C@H](O)[C@@H]1CCCN1C(=O)[C@@H]1CCNC1. The van der Waals surface area contributed by atoms with Crippen molar-refractivity contribution in [3.8, 4) is 0 Å². The highest BCUT2D eigenvalue weighted by atomic mass is 16.3. The van der Waals surface area contributed by atoms with Gasteiger partial charge in [-0.25, -0.2) is 0 Å². The number of aliphatic hydroxyl groups is 1. The average Bonchev–Trinajstić information content (AvgIpc) is 2.88. The van der Waals surface area contributed by atoms with E-state index in [9.17, 15) is 9.90 Å². The van der Waals surface area contributed by atoms with Gasteiger partial charge in [-0.1, -0.05) is 0 Å². The van der Waals surface area contributed by atoms with E-state index in [1.165, 1.54) is 0 Å². The molecule has 2 heterocycles. The van der Waals surface area contributed by atoms with Crippen molar-refractivity contribution in [3.05, 3.63) is 0 Å². The van der Waals surface area contributed by atoms with Gasteiger partial charge in [0.05, 0.1) is 18.1 Å². The molecular formula is C11H20N2O2. The fraction of sp³-hybridized carbons (Fsp3) is 0.909. The number of likely N-dealkylation sites (tertiary alicyclic amines) is 1. The first kappa shape index (κ1) is 10.9. The fourth-order valence-corrected chi connectivity index (χ4v) is 2.67. The number of nitrogens with zero attached hydrogens (tertiary/aromatic N) is 1. The standard InChI is InChI=1S/C11H20N2O2/c1-8(14)10-3-2-6-13(10)11(15)9-4-5-12-7-9/h8-10,12,14H,2-7H2,1H3/t8-,9+,10-/m0/s1. The molecule has 2 aliphatic heterocycles. The van der Waals surface area contributed by atoms with Crippen LogP contribution in [0.5, 0.6) is 0 Å². The summed E-state index contributed by atoms with van der Waals surface area (Å²) in [5.41, 5.74) is 0. The molecule has 4 nitrogen and oxygen atoms in total. The van der Waals surface area contributed by atoms with Crippen molar-refractivity contribution in [2.75, 3.05) is 19.6 Å². The topological polar surface area (TPSA) is 52.6 Å². The van der Waals surface area contributed by atoms with Crippen LogP contribution in [0, 0.1) is 5.92 Å². The molecular weight excluding hydrogens is 192 g/mol. The summed E-state index contributed by atoms with van der Waals surface area (Å²) in [5, 5.41) is 12.8. The first-order chi connectivity index (χ1) is 7.20. The maximum atomic E-state index is 12.1. The highest BCUT2D eigenvalue weighted by molar-refractivity contribution is 5.80. The second-order valence-corrected chi connectivity index (χ2v) is 4.67. The van der Waals surface area contributed by atoms with Crippen LogP contribution in [0.4, 0.5) is 0 Å². The van der Waals surface area contributed by atoms with Gasteiger partial charge in [0, 0.05) is 13.1 Å². The van der Waals surface area contributed by atoms with Gasteiger partial charge in [0.1, 0.15) is 0 Å². The van der Waals surface area contributed by atoms with Gasteiger partial charge in [0.15, 0.2) is 0 Å². The van der Waals surface area contributed by atoms with Gasteiger partial charge in [0.25, 0.3) is 0 Å². The van der Waals surface area contributed by atoms with Gasteiger partial charge in [-0.3, -0.25) is 4.79 Å². The normalized spacial score (nSPS) is 33.3. The van der Waals surface area contributed by atoms with E-state index in [1.54, 1.807) is 6.92 Å². The molecule has 0 aromatic carbocycles. The molecule has 1 amide bonds. The van der Waals surface area contributed by atoms with Crippen molar-refractivity contribution < 1.29 is 9.90 Å². The molecule has 0 aromatic rings. The molecule has 2 fully saturated rings. The van der Waals surface area contributed by atoms with E-state index in [1.807, 2.05) is 4.90 Å². The smallest absolute Gasteiger partial charge is 0.227 e. The number of rotatable bonds is 2. The Morgan fingerprint density at radius 3 is 2.93 bits per heavy atom. The zero-order valence-corrected chi connectivity index (χ0v) is 9.28. The lowest BCUT2D eigenvalue weighted by atomic mass is 10.1. The molecule has 0 radical (unpaired) electrons. The van der Waals surface area contributed by atoms with Crippen molar-refractivity contribution in [2.45, 2.75) is 38.3 Å². The van der Waals surface area contributed by atoms with Gasteiger partial charge in [0.2, 0.25) is 5.91 Å². The third kappa shape index (κ3) is 2.16. The number of amides is 1. The monoisotopic (exact) mass is 212 g/mol. The molecule has 4 heteroatoms. The predicted molar refractivity (Wildman–Crippen MR) is 57.4 cm³/mol. The predicted octanol–water partition coefficient (Wildman–Crippen LogP) is -0.0323. The quantitative estimate of drug-likeness (QED) is 0.676. The Bertz CT molecular complexity index is 237. The lowest BCUT2D eigenvalue weighted by Crippen LogP contribution is -2.44. The van der Waals surface area contributed by atoms with Gasteiger partial charge < -0.3 is 15.3 Å². The van der Waals surface area contributed by atoms with Crippen LogP contribution in [0.2, 0.25) is 0 Å². The molecule has 0 saturated carbocycles. The number of hydrogen-bond donors (Lipinski definition) is 2. The molecule has 0 aliphatic carbocycles. The third-order valence-corrected chi connectivity index (χ3v) is 3.55. The number of aliphatic hydroxyl groups excluding tert-OH is 1. The zero-order chi connectivity index (χ0) is 10.8. The molecule has 0 bridgehead atoms. The van der Waals surface area contributed by atoms with Crippen LogP contribution in [0.3, 0.4) is 0 Å². The maximum Gasteiger partial charge on any atom is 0.227 e. The van der Waals surface area contributed by atoms with E-state index in [2.05, 4.69) is 5.32 Å². The number of hydrogen-bond acceptors (Lipinski definition) is 3. The Balaban J connectivity index is 1.99. The van der Waals surface area contributed by atoms with Crippen LogP contribution in [0.15, 0.2) is 0 Å². The summed E-state index contributed by atoms with van der Waals surface area (Å²) in [4.78, 5) is 14.0. The first-order valence-electron chi connectivity index (χ1n) is 5.89. The molecule has 2 rings (SSSR count). The highest BCUT2D eigenvalue weighted by Gasteiger charge is 2.36. The van der Waals surface area contributed by atoms with Crippen molar-refractivity contribution in [3.63, 3.8) is 0 Å². The Kier molecular flexibility index (Phi) is 3.26. The summed E-state index contributed by atoms with van der Waals surface area (Å²) in [6.45, 7) is 4.36. The van der Waals surface area contributed by atoms with E-state index in [-0.39, 0.29) is 17.9 Å². The van der Waals surface area contributed by atoms with Gasteiger partial charge in [-0.2, -0.15) is 0 Å². The summed E-state index contributed by atoms with van der Waals surface area (Å²) < 4.78 is 0. The molecule has 2 aliphatic rings. The Morgan fingerprint density at radius 1 is 1.53 bits per heavy atom. The third-order valence-electron chi connectivity index (χ3n) is 3.55. The van der Waals surface area contributed by atoms with Crippen molar-refractivity contribution in [1.29, 1.82) is 0 Å². The summed E-state index contributed by atoms with van der Waals surface area (Å²) >= 11 is 0. The second-order valence-electron chi connectivity index (χ2n) is 4.67. The number of carbonyl (C=O) groups excluding carboxylic acids is 1. The van der Waals surface area contributed by atoms with Gasteiger partial charge in [-0.15, -0.1) is 0 Å². The van der Waals surface area contributed by atoms with E-state index >= 15 is 0 Å². The van der Waals surface area contributed by atoms with Gasteiger partial charge in [-0.05, 0) is 32.7 Å². The van der Waals surface area contributed by atoms with Crippen molar-refractivity contribution in [1.82, 2.24) is 10.2 Å². The molecule has 0 aromatic heterocycles.